The van der Waals surface area contributed by atoms with Crippen LogP contribution in [0.3, 0.4) is 0 Å². The van der Waals surface area contributed by atoms with E-state index in [1.54, 1.807) is 36.4 Å². The van der Waals surface area contributed by atoms with Crippen molar-refractivity contribution in [2.45, 2.75) is 25.2 Å². The number of rotatable bonds is 8. The lowest BCUT2D eigenvalue weighted by Crippen LogP contribution is -2.38. The molecule has 0 radical (unpaired) electrons. The highest BCUT2D eigenvalue weighted by Gasteiger charge is 2.29. The SMILES string of the molecule is CCc1ccccc1N(CC(=O)Nc1ccccc1C(=O)O)S(=O)(=O)c1ccc(C)cc1. The summed E-state index contributed by atoms with van der Waals surface area (Å²) in [5, 5.41) is 11.9. The zero-order valence-electron chi connectivity index (χ0n) is 17.8. The van der Waals surface area contributed by atoms with Crippen molar-refractivity contribution in [3.63, 3.8) is 0 Å². The predicted octanol–water partition coefficient (Wildman–Crippen LogP) is 4.09. The Hall–Kier alpha value is -3.65. The maximum atomic E-state index is 13.5. The fraction of sp³-hybridized carbons (Fsp3) is 0.167. The van der Waals surface area contributed by atoms with Gasteiger partial charge in [-0.3, -0.25) is 9.10 Å². The van der Waals surface area contributed by atoms with Crippen molar-refractivity contribution in [2.75, 3.05) is 16.2 Å². The summed E-state index contributed by atoms with van der Waals surface area (Å²) in [6.45, 7) is 3.24. The Morgan fingerprint density at radius 2 is 1.56 bits per heavy atom. The molecule has 0 aliphatic heterocycles. The second-order valence-electron chi connectivity index (χ2n) is 7.21. The third kappa shape index (κ3) is 4.97. The summed E-state index contributed by atoms with van der Waals surface area (Å²) in [5.74, 6) is -1.85. The van der Waals surface area contributed by atoms with Crippen molar-refractivity contribution in [3.05, 3.63) is 89.5 Å². The van der Waals surface area contributed by atoms with Crippen LogP contribution in [-0.4, -0.2) is 31.9 Å². The van der Waals surface area contributed by atoms with Crippen LogP contribution in [0.25, 0.3) is 0 Å². The summed E-state index contributed by atoms with van der Waals surface area (Å²) >= 11 is 0. The molecule has 1 amide bonds. The fourth-order valence-electron chi connectivity index (χ4n) is 3.29. The summed E-state index contributed by atoms with van der Waals surface area (Å²) in [6, 6.07) is 19.3. The normalized spacial score (nSPS) is 11.1. The summed E-state index contributed by atoms with van der Waals surface area (Å²) in [6.07, 6.45) is 0.569. The Morgan fingerprint density at radius 3 is 2.22 bits per heavy atom. The maximum absolute atomic E-state index is 13.5. The van der Waals surface area contributed by atoms with Crippen LogP contribution in [-0.2, 0) is 21.2 Å². The first kappa shape index (κ1) is 23.0. The number of hydrogen-bond donors (Lipinski definition) is 2. The van der Waals surface area contributed by atoms with Gasteiger partial charge in [-0.15, -0.1) is 0 Å². The molecule has 32 heavy (non-hydrogen) atoms. The molecule has 0 saturated heterocycles. The number of nitrogens with zero attached hydrogens (tertiary/aromatic N) is 1. The number of aryl methyl sites for hydroxylation is 2. The molecule has 166 valence electrons. The first-order chi connectivity index (χ1) is 15.2. The van der Waals surface area contributed by atoms with Gasteiger partial charge in [-0.1, -0.05) is 55.0 Å². The number of nitrogens with one attached hydrogen (secondary N) is 1. The predicted molar refractivity (Wildman–Crippen MR) is 124 cm³/mol. The highest BCUT2D eigenvalue weighted by molar-refractivity contribution is 7.92. The second kappa shape index (κ2) is 9.65. The first-order valence-electron chi connectivity index (χ1n) is 10.0. The minimum absolute atomic E-state index is 0.0627. The minimum Gasteiger partial charge on any atom is -0.478 e. The standard InChI is InChI=1S/C24H24N2O5S/c1-3-18-8-4-7-11-22(18)26(32(30,31)19-14-12-17(2)13-15-19)16-23(27)25-21-10-6-5-9-20(21)24(28)29/h4-15H,3,16H2,1-2H3,(H,25,27)(H,28,29). The van der Waals surface area contributed by atoms with E-state index in [9.17, 15) is 23.1 Å². The summed E-state index contributed by atoms with van der Waals surface area (Å²) in [7, 11) is -4.06. The van der Waals surface area contributed by atoms with Gasteiger partial charge in [-0.05, 0) is 49.2 Å². The molecule has 2 N–H and O–H groups in total. The zero-order valence-corrected chi connectivity index (χ0v) is 18.6. The summed E-state index contributed by atoms with van der Waals surface area (Å²) < 4.78 is 28.1. The van der Waals surface area contributed by atoms with Gasteiger partial charge in [0.1, 0.15) is 6.54 Å². The molecule has 0 unspecified atom stereocenters. The van der Waals surface area contributed by atoms with Gasteiger partial charge in [0, 0.05) is 0 Å². The average molecular weight is 453 g/mol. The van der Waals surface area contributed by atoms with Gasteiger partial charge in [0.15, 0.2) is 0 Å². The molecule has 7 nitrogen and oxygen atoms in total. The first-order valence-corrected chi connectivity index (χ1v) is 11.5. The molecule has 3 aromatic carbocycles. The molecule has 0 atom stereocenters. The number of aromatic carboxylic acids is 1. The van der Waals surface area contributed by atoms with Crippen LogP contribution in [0.5, 0.6) is 0 Å². The minimum atomic E-state index is -4.06. The van der Waals surface area contributed by atoms with Gasteiger partial charge in [0.2, 0.25) is 5.91 Å². The van der Waals surface area contributed by atoms with E-state index in [4.69, 9.17) is 0 Å². The molecule has 0 bridgehead atoms. The van der Waals surface area contributed by atoms with Crippen LogP contribution in [0.4, 0.5) is 11.4 Å². The Morgan fingerprint density at radius 1 is 0.938 bits per heavy atom. The van der Waals surface area contributed by atoms with Crippen LogP contribution in [0.15, 0.2) is 77.7 Å². The molecule has 0 fully saturated rings. The van der Waals surface area contributed by atoms with Crippen LogP contribution >= 0.6 is 0 Å². The highest BCUT2D eigenvalue weighted by atomic mass is 32.2. The van der Waals surface area contributed by atoms with E-state index in [0.29, 0.717) is 12.1 Å². The third-order valence-corrected chi connectivity index (χ3v) is 6.74. The molecule has 0 spiro atoms. The van der Waals surface area contributed by atoms with E-state index in [1.807, 2.05) is 26.0 Å². The van der Waals surface area contributed by atoms with Crippen LogP contribution < -0.4 is 9.62 Å². The summed E-state index contributed by atoms with van der Waals surface area (Å²) in [5.41, 5.74) is 2.09. The molecular weight excluding hydrogens is 428 g/mol. The molecule has 0 saturated carbocycles. The Bertz CT molecular complexity index is 1240. The summed E-state index contributed by atoms with van der Waals surface area (Å²) in [4.78, 5) is 24.4. The topological polar surface area (TPSA) is 104 Å². The smallest absolute Gasteiger partial charge is 0.337 e. The number of sulfonamides is 1. The van der Waals surface area contributed by atoms with Gasteiger partial charge in [0.25, 0.3) is 10.0 Å². The van der Waals surface area contributed by atoms with E-state index in [2.05, 4.69) is 5.32 Å². The van der Waals surface area contributed by atoms with Crippen molar-refractivity contribution in [1.29, 1.82) is 0 Å². The van der Waals surface area contributed by atoms with E-state index in [0.717, 1.165) is 15.4 Å². The van der Waals surface area contributed by atoms with Crippen molar-refractivity contribution in [3.8, 4) is 0 Å². The molecule has 3 aromatic rings. The Balaban J connectivity index is 2.01. The lowest BCUT2D eigenvalue weighted by Gasteiger charge is -2.26. The molecule has 0 aromatic heterocycles. The molecule has 0 aliphatic carbocycles. The lowest BCUT2D eigenvalue weighted by molar-refractivity contribution is -0.114. The fourth-order valence-corrected chi connectivity index (χ4v) is 4.75. The molecule has 8 heteroatoms. The number of carboxylic acids is 1. The zero-order chi connectivity index (χ0) is 23.3. The van der Waals surface area contributed by atoms with Crippen molar-refractivity contribution < 1.29 is 23.1 Å². The number of carboxylic acid groups (broad SMARTS) is 1. The van der Waals surface area contributed by atoms with E-state index in [-0.39, 0.29) is 16.1 Å². The van der Waals surface area contributed by atoms with Crippen molar-refractivity contribution in [1.82, 2.24) is 0 Å². The van der Waals surface area contributed by atoms with Gasteiger partial charge in [-0.2, -0.15) is 0 Å². The lowest BCUT2D eigenvalue weighted by atomic mass is 10.1. The van der Waals surface area contributed by atoms with Gasteiger partial charge in [-0.25, -0.2) is 13.2 Å². The molecule has 0 aliphatic rings. The largest absolute Gasteiger partial charge is 0.478 e. The van der Waals surface area contributed by atoms with Crippen LogP contribution in [0, 0.1) is 6.92 Å². The number of amides is 1. The average Bonchev–Trinajstić information content (AvgIpc) is 2.78. The van der Waals surface area contributed by atoms with Gasteiger partial charge < -0.3 is 10.4 Å². The van der Waals surface area contributed by atoms with E-state index in [1.165, 1.54) is 24.3 Å². The van der Waals surface area contributed by atoms with Gasteiger partial charge in [0.05, 0.1) is 21.8 Å². The van der Waals surface area contributed by atoms with Crippen LogP contribution in [0.2, 0.25) is 0 Å². The van der Waals surface area contributed by atoms with Gasteiger partial charge >= 0.3 is 5.97 Å². The van der Waals surface area contributed by atoms with Crippen LogP contribution in [0.1, 0.15) is 28.4 Å². The van der Waals surface area contributed by atoms with E-state index >= 15 is 0 Å². The number of para-hydroxylation sites is 2. The number of anilines is 2. The molecule has 0 heterocycles. The Labute approximate surface area is 187 Å². The quantitative estimate of drug-likeness (QED) is 0.536. The Kier molecular flexibility index (Phi) is 6.95. The van der Waals surface area contributed by atoms with Crippen molar-refractivity contribution in [2.24, 2.45) is 0 Å². The molecular formula is C24H24N2O5S. The number of hydrogen-bond acceptors (Lipinski definition) is 4. The second-order valence-corrected chi connectivity index (χ2v) is 9.07. The van der Waals surface area contributed by atoms with E-state index < -0.39 is 28.4 Å². The van der Waals surface area contributed by atoms with Crippen molar-refractivity contribution >= 4 is 33.3 Å². The maximum Gasteiger partial charge on any atom is 0.337 e. The number of benzene rings is 3. The number of carbonyl (C=O) groups is 2. The highest BCUT2D eigenvalue weighted by Crippen LogP contribution is 2.28. The molecule has 3 rings (SSSR count). The number of carbonyl (C=O) groups excluding carboxylic acids is 1. The monoisotopic (exact) mass is 452 g/mol. The third-order valence-electron chi connectivity index (χ3n) is 4.97.